The van der Waals surface area contributed by atoms with Gasteiger partial charge in [0.05, 0.1) is 0 Å². The summed E-state index contributed by atoms with van der Waals surface area (Å²) in [5.41, 5.74) is -1.96. The highest BCUT2D eigenvalue weighted by molar-refractivity contribution is 7.91. The van der Waals surface area contributed by atoms with Crippen molar-refractivity contribution in [2.75, 3.05) is 6.26 Å². The molecule has 1 aliphatic carbocycles. The first kappa shape index (κ1) is 18.4. The van der Waals surface area contributed by atoms with Gasteiger partial charge >= 0.3 is 6.09 Å². The number of benzene rings is 1. The van der Waals surface area contributed by atoms with Crippen molar-refractivity contribution in [1.29, 1.82) is 0 Å². The average molecular weight is 357 g/mol. The monoisotopic (exact) mass is 357 g/mol. The van der Waals surface area contributed by atoms with Gasteiger partial charge in [-0.25, -0.2) is 17.6 Å². The number of carbonyl (C=O) groups excluding carboxylic acids is 2. The molecular formula is C16H20FNO5S. The van der Waals surface area contributed by atoms with E-state index in [2.05, 4.69) is 5.32 Å². The number of rotatable bonds is 4. The SMILES string of the molecule is CC(C)(C)OC(=O)N[C@@]1(C=O)[C@@H](c2ccc(F)cc2)[C@@H]1S(C)(=O)=O. The standard InChI is InChI=1S/C16H20FNO5S/c1-15(2,3)23-14(20)18-16(9-19)12(13(16)24(4,21)22)10-5-7-11(17)8-6-10/h5-9,12-13H,1-4H3,(H,18,20)/t12-,13-,16-/m0/s1. The lowest BCUT2D eigenvalue weighted by Crippen LogP contribution is -2.45. The number of nitrogens with one attached hydrogen (secondary N) is 1. The molecule has 3 atom stereocenters. The van der Waals surface area contributed by atoms with Crippen molar-refractivity contribution in [3.8, 4) is 0 Å². The summed E-state index contributed by atoms with van der Waals surface area (Å²) < 4.78 is 42.3. The minimum atomic E-state index is -3.64. The van der Waals surface area contributed by atoms with Crippen molar-refractivity contribution >= 4 is 22.2 Å². The summed E-state index contributed by atoms with van der Waals surface area (Å²) in [7, 11) is -3.64. The van der Waals surface area contributed by atoms with Crippen LogP contribution in [0.3, 0.4) is 0 Å². The van der Waals surface area contributed by atoms with Gasteiger partial charge in [0.25, 0.3) is 0 Å². The third-order valence-electron chi connectivity index (χ3n) is 3.78. The number of aldehydes is 1. The molecule has 1 aromatic rings. The van der Waals surface area contributed by atoms with Crippen LogP contribution < -0.4 is 5.32 Å². The Labute approximate surface area is 140 Å². The zero-order valence-electron chi connectivity index (χ0n) is 13.9. The molecule has 1 fully saturated rings. The van der Waals surface area contributed by atoms with Crippen LogP contribution in [-0.2, 0) is 19.4 Å². The maximum absolute atomic E-state index is 13.1. The zero-order valence-corrected chi connectivity index (χ0v) is 14.7. The first-order chi connectivity index (χ1) is 10.9. The number of alkyl carbamates (subject to hydrolysis) is 1. The molecule has 0 aliphatic heterocycles. The summed E-state index contributed by atoms with van der Waals surface area (Å²) >= 11 is 0. The lowest BCUT2D eigenvalue weighted by molar-refractivity contribution is -0.110. The molecule has 0 bridgehead atoms. The summed E-state index contributed by atoms with van der Waals surface area (Å²) in [4.78, 5) is 23.7. The lowest BCUT2D eigenvalue weighted by Gasteiger charge is -2.22. The van der Waals surface area contributed by atoms with E-state index in [-0.39, 0.29) is 0 Å². The fourth-order valence-electron chi connectivity index (χ4n) is 2.90. The number of sulfone groups is 1. The van der Waals surface area contributed by atoms with Crippen LogP contribution in [-0.4, -0.2) is 43.4 Å². The molecule has 2 rings (SSSR count). The van der Waals surface area contributed by atoms with Crippen molar-refractivity contribution in [3.63, 3.8) is 0 Å². The van der Waals surface area contributed by atoms with Crippen LogP contribution in [0.1, 0.15) is 32.3 Å². The number of ether oxygens (including phenoxy) is 1. The highest BCUT2D eigenvalue weighted by Gasteiger charge is 2.71. The van der Waals surface area contributed by atoms with Gasteiger partial charge in [0.1, 0.15) is 28.5 Å². The van der Waals surface area contributed by atoms with E-state index in [4.69, 9.17) is 4.74 Å². The molecule has 0 radical (unpaired) electrons. The second-order valence-electron chi connectivity index (χ2n) is 6.96. The van der Waals surface area contributed by atoms with Crippen molar-refractivity contribution in [2.24, 2.45) is 0 Å². The van der Waals surface area contributed by atoms with Crippen molar-refractivity contribution in [3.05, 3.63) is 35.6 Å². The van der Waals surface area contributed by atoms with E-state index >= 15 is 0 Å². The fourth-order valence-corrected chi connectivity index (χ4v) is 4.66. The Kier molecular flexibility index (Phi) is 4.47. The van der Waals surface area contributed by atoms with E-state index in [1.165, 1.54) is 24.3 Å². The maximum atomic E-state index is 13.1. The molecule has 1 amide bonds. The Morgan fingerprint density at radius 2 is 1.83 bits per heavy atom. The number of halogens is 1. The van der Waals surface area contributed by atoms with Crippen LogP contribution in [0.5, 0.6) is 0 Å². The molecule has 0 saturated heterocycles. The Morgan fingerprint density at radius 3 is 2.25 bits per heavy atom. The largest absolute Gasteiger partial charge is 0.444 e. The van der Waals surface area contributed by atoms with E-state index in [9.17, 15) is 22.4 Å². The topological polar surface area (TPSA) is 89.5 Å². The van der Waals surface area contributed by atoms with Crippen molar-refractivity contribution < 1.29 is 27.1 Å². The highest BCUT2D eigenvalue weighted by atomic mass is 32.2. The summed E-state index contributed by atoms with van der Waals surface area (Å²) in [5.74, 6) is -1.27. The van der Waals surface area contributed by atoms with Crippen LogP contribution in [0.4, 0.5) is 9.18 Å². The molecule has 1 aliphatic rings. The number of carbonyl (C=O) groups is 2. The van der Waals surface area contributed by atoms with Gasteiger partial charge in [-0.2, -0.15) is 0 Å². The van der Waals surface area contributed by atoms with Crippen molar-refractivity contribution in [1.82, 2.24) is 5.32 Å². The number of amides is 1. The predicted octanol–water partition coefficient (Wildman–Crippen LogP) is 1.80. The second-order valence-corrected chi connectivity index (χ2v) is 9.12. The quantitative estimate of drug-likeness (QED) is 0.830. The molecule has 6 nitrogen and oxygen atoms in total. The summed E-state index contributed by atoms with van der Waals surface area (Å²) in [6.07, 6.45) is 0.528. The van der Waals surface area contributed by atoms with Gasteiger partial charge in [-0.3, -0.25) is 0 Å². The summed E-state index contributed by atoms with van der Waals surface area (Å²) in [6.45, 7) is 4.95. The van der Waals surface area contributed by atoms with Gasteiger partial charge in [-0.1, -0.05) is 12.1 Å². The smallest absolute Gasteiger partial charge is 0.408 e. The van der Waals surface area contributed by atoms with Crippen LogP contribution in [0, 0.1) is 5.82 Å². The molecule has 1 aromatic carbocycles. The summed E-state index contributed by atoms with van der Waals surface area (Å²) in [5, 5.41) is 1.27. The molecule has 0 aromatic heterocycles. The number of hydrogen-bond acceptors (Lipinski definition) is 5. The molecule has 0 spiro atoms. The molecule has 0 unspecified atom stereocenters. The Bertz CT molecular complexity index is 754. The van der Waals surface area contributed by atoms with Crippen LogP contribution >= 0.6 is 0 Å². The highest BCUT2D eigenvalue weighted by Crippen LogP contribution is 2.54. The molecule has 1 N–H and O–H groups in total. The lowest BCUT2D eigenvalue weighted by atomic mass is 10.1. The molecule has 0 heterocycles. The van der Waals surface area contributed by atoms with Crippen LogP contribution in [0.15, 0.2) is 24.3 Å². The van der Waals surface area contributed by atoms with Crippen molar-refractivity contribution in [2.45, 2.75) is 43.1 Å². The van der Waals surface area contributed by atoms with Gasteiger partial charge in [0.15, 0.2) is 9.84 Å². The van der Waals surface area contributed by atoms with Gasteiger partial charge in [-0.15, -0.1) is 0 Å². The predicted molar refractivity (Wildman–Crippen MR) is 85.9 cm³/mol. The van der Waals surface area contributed by atoms with Gasteiger partial charge in [-0.05, 0) is 38.5 Å². The fraction of sp³-hybridized carbons (Fsp3) is 0.500. The Balaban J connectivity index is 2.36. The first-order valence-electron chi connectivity index (χ1n) is 7.32. The minimum Gasteiger partial charge on any atom is -0.444 e. The number of hydrogen-bond donors (Lipinski definition) is 1. The van der Waals surface area contributed by atoms with E-state index in [0.717, 1.165) is 6.26 Å². The van der Waals surface area contributed by atoms with E-state index in [1.54, 1.807) is 20.8 Å². The van der Waals surface area contributed by atoms with Gasteiger partial charge < -0.3 is 14.8 Å². The minimum absolute atomic E-state index is 0.413. The Morgan fingerprint density at radius 1 is 1.29 bits per heavy atom. The van der Waals surface area contributed by atoms with E-state index < -0.39 is 44.1 Å². The average Bonchev–Trinajstić information content (AvgIpc) is 3.06. The molecular weight excluding hydrogens is 337 g/mol. The van der Waals surface area contributed by atoms with Crippen LogP contribution in [0.2, 0.25) is 0 Å². The zero-order chi connectivity index (χ0) is 18.3. The normalized spacial score (nSPS) is 26.5. The molecule has 132 valence electrons. The van der Waals surface area contributed by atoms with E-state index in [0.29, 0.717) is 11.8 Å². The third kappa shape index (κ3) is 3.58. The summed E-state index contributed by atoms with van der Waals surface area (Å²) in [6, 6.07) is 5.16. The van der Waals surface area contributed by atoms with Gasteiger partial charge in [0, 0.05) is 12.2 Å². The van der Waals surface area contributed by atoms with E-state index in [1.807, 2.05) is 0 Å². The Hall–Kier alpha value is -1.96. The van der Waals surface area contributed by atoms with Crippen LogP contribution in [0.25, 0.3) is 0 Å². The molecule has 24 heavy (non-hydrogen) atoms. The maximum Gasteiger partial charge on any atom is 0.408 e. The third-order valence-corrected chi connectivity index (χ3v) is 5.37. The molecule has 8 heteroatoms. The van der Waals surface area contributed by atoms with Gasteiger partial charge in [0.2, 0.25) is 0 Å². The second kappa shape index (κ2) is 5.84. The first-order valence-corrected chi connectivity index (χ1v) is 9.28. The molecule has 1 saturated carbocycles.